The molecule has 2 aromatic rings. The van der Waals surface area contributed by atoms with Crippen LogP contribution < -0.4 is 0 Å². The minimum absolute atomic E-state index is 0.0858. The quantitative estimate of drug-likeness (QED) is 0.844. The number of aliphatic hydroxyl groups excluding tert-OH is 1. The summed E-state index contributed by atoms with van der Waals surface area (Å²) < 4.78 is 0. The molecule has 0 fully saturated rings. The second-order valence-corrected chi connectivity index (χ2v) is 5.41. The summed E-state index contributed by atoms with van der Waals surface area (Å²) in [5.74, 6) is -0.469. The molecule has 0 spiro atoms. The van der Waals surface area contributed by atoms with Gasteiger partial charge in [0.1, 0.15) is 17.2 Å². The number of Topliss-reactive ketones (excluding diaryl/α,β-unsaturated/α-hetero) is 1. The van der Waals surface area contributed by atoms with Crippen LogP contribution in [0.25, 0.3) is 16.5 Å². The molecule has 0 aliphatic heterocycles. The highest BCUT2D eigenvalue weighted by molar-refractivity contribution is 6.35. The molecule has 0 atom stereocenters. The van der Waals surface area contributed by atoms with Crippen molar-refractivity contribution >= 4 is 22.3 Å². The molecular weight excluding hydrogens is 278 g/mol. The van der Waals surface area contributed by atoms with Crippen LogP contribution in [0.1, 0.15) is 18.5 Å². The van der Waals surface area contributed by atoms with Crippen molar-refractivity contribution in [3.8, 4) is 5.75 Å². The number of aromatic hydroxyl groups is 1. The topological polar surface area (TPSA) is 70.4 Å². The predicted octanol–water partition coefficient (Wildman–Crippen LogP) is 3.44. The summed E-state index contributed by atoms with van der Waals surface area (Å²) in [6.45, 7) is 0. The zero-order valence-electron chi connectivity index (χ0n) is 11.7. The van der Waals surface area contributed by atoms with Crippen LogP contribution in [0.3, 0.4) is 0 Å². The Bertz CT molecular complexity index is 919. The number of benzene rings is 1. The van der Waals surface area contributed by atoms with Gasteiger partial charge in [-0.3, -0.25) is 4.79 Å². The Labute approximate surface area is 126 Å². The molecule has 4 heteroatoms. The molecule has 1 aromatic heterocycles. The molecule has 0 saturated heterocycles. The first-order valence-corrected chi connectivity index (χ1v) is 7.15. The number of ketones is 1. The highest BCUT2D eigenvalue weighted by atomic mass is 16.3. The van der Waals surface area contributed by atoms with E-state index in [9.17, 15) is 15.0 Å². The summed E-state index contributed by atoms with van der Waals surface area (Å²) in [7, 11) is 0. The number of hydrogen-bond donors (Lipinski definition) is 2. The molecule has 0 radical (unpaired) electrons. The number of carbonyl (C=O) groups excluding carboxylic acids is 1. The van der Waals surface area contributed by atoms with Gasteiger partial charge in [0.15, 0.2) is 5.78 Å². The van der Waals surface area contributed by atoms with Crippen molar-refractivity contribution in [3.63, 3.8) is 0 Å². The van der Waals surface area contributed by atoms with E-state index in [-0.39, 0.29) is 28.6 Å². The lowest BCUT2D eigenvalue weighted by Gasteiger charge is -2.06. The minimum atomic E-state index is -0.276. The number of hydrogen-bond acceptors (Lipinski definition) is 4. The highest BCUT2D eigenvalue weighted by Crippen LogP contribution is 2.41. The lowest BCUT2D eigenvalue weighted by molar-refractivity contribution is -0.110. The van der Waals surface area contributed by atoms with E-state index in [4.69, 9.17) is 0 Å². The van der Waals surface area contributed by atoms with Gasteiger partial charge in [-0.25, -0.2) is 4.98 Å². The van der Waals surface area contributed by atoms with E-state index < -0.39 is 0 Å². The number of para-hydroxylation sites is 1. The van der Waals surface area contributed by atoms with Crippen LogP contribution in [0.2, 0.25) is 0 Å². The third-order valence-corrected chi connectivity index (χ3v) is 4.06. The SMILES string of the molecule is O=C1C2=CCCC=C2C(O)=C1c1nc2ccccc2cc1O. The van der Waals surface area contributed by atoms with Crippen LogP contribution in [0.4, 0.5) is 0 Å². The summed E-state index contributed by atoms with van der Waals surface area (Å²) in [5.41, 5.74) is 1.95. The van der Waals surface area contributed by atoms with Gasteiger partial charge in [-0.2, -0.15) is 0 Å². The van der Waals surface area contributed by atoms with Crippen molar-refractivity contribution in [1.82, 2.24) is 4.98 Å². The fourth-order valence-corrected chi connectivity index (χ4v) is 3.00. The lowest BCUT2D eigenvalue weighted by Crippen LogP contribution is -2.03. The third kappa shape index (κ3) is 1.70. The van der Waals surface area contributed by atoms with E-state index in [0.29, 0.717) is 16.7 Å². The van der Waals surface area contributed by atoms with E-state index in [2.05, 4.69) is 4.98 Å². The van der Waals surface area contributed by atoms with Crippen molar-refractivity contribution in [1.29, 1.82) is 0 Å². The molecular formula is C18H13NO3. The average Bonchev–Trinajstić information content (AvgIpc) is 2.79. The highest BCUT2D eigenvalue weighted by Gasteiger charge is 2.36. The van der Waals surface area contributed by atoms with Crippen LogP contribution in [0.15, 0.2) is 59.4 Å². The van der Waals surface area contributed by atoms with Gasteiger partial charge in [-0.15, -0.1) is 0 Å². The normalized spacial score (nSPS) is 17.5. The zero-order chi connectivity index (χ0) is 15.3. The van der Waals surface area contributed by atoms with Gasteiger partial charge >= 0.3 is 0 Å². The maximum Gasteiger partial charge on any atom is 0.199 e. The molecule has 0 unspecified atom stereocenters. The Balaban J connectivity index is 1.97. The number of aromatic nitrogens is 1. The van der Waals surface area contributed by atoms with Crippen molar-refractivity contribution in [2.24, 2.45) is 0 Å². The molecule has 0 bridgehead atoms. The zero-order valence-corrected chi connectivity index (χ0v) is 11.7. The maximum absolute atomic E-state index is 12.6. The van der Waals surface area contributed by atoms with Crippen LogP contribution >= 0.6 is 0 Å². The molecule has 0 saturated carbocycles. The summed E-state index contributed by atoms with van der Waals surface area (Å²) in [5, 5.41) is 21.4. The number of carbonyl (C=O) groups is 1. The standard InChI is InChI=1S/C18H13NO3/c20-14-9-10-5-1-4-8-13(10)19-16(14)15-17(21)11-6-2-3-7-12(11)18(15)22/h1,4-9,20-21H,2-3H2. The summed E-state index contributed by atoms with van der Waals surface area (Å²) in [4.78, 5) is 16.9. The van der Waals surface area contributed by atoms with Gasteiger partial charge in [0, 0.05) is 16.5 Å². The fraction of sp³-hybridized carbons (Fsp3) is 0.111. The molecule has 2 aliphatic rings. The largest absolute Gasteiger partial charge is 0.506 e. The molecule has 4 nitrogen and oxygen atoms in total. The molecule has 1 heterocycles. The molecule has 4 rings (SSSR count). The van der Waals surface area contributed by atoms with E-state index >= 15 is 0 Å². The number of nitrogens with zero attached hydrogens (tertiary/aromatic N) is 1. The smallest absolute Gasteiger partial charge is 0.199 e. The minimum Gasteiger partial charge on any atom is -0.506 e. The molecule has 2 aliphatic carbocycles. The van der Waals surface area contributed by atoms with Gasteiger partial charge < -0.3 is 10.2 Å². The van der Waals surface area contributed by atoms with Gasteiger partial charge in [0.25, 0.3) is 0 Å². The van der Waals surface area contributed by atoms with Crippen LogP contribution in [-0.4, -0.2) is 21.0 Å². The van der Waals surface area contributed by atoms with Crippen LogP contribution in [0, 0.1) is 0 Å². The number of rotatable bonds is 1. The number of pyridine rings is 1. The van der Waals surface area contributed by atoms with Gasteiger partial charge in [0.05, 0.1) is 11.1 Å². The van der Waals surface area contributed by atoms with E-state index in [0.717, 1.165) is 18.2 Å². The van der Waals surface area contributed by atoms with Crippen molar-refractivity contribution in [3.05, 3.63) is 65.1 Å². The molecule has 22 heavy (non-hydrogen) atoms. The van der Waals surface area contributed by atoms with Crippen molar-refractivity contribution in [2.45, 2.75) is 12.8 Å². The Hall–Kier alpha value is -2.88. The molecule has 1 aromatic carbocycles. The van der Waals surface area contributed by atoms with Gasteiger partial charge in [-0.1, -0.05) is 30.4 Å². The van der Waals surface area contributed by atoms with Gasteiger partial charge in [-0.05, 0) is 25.0 Å². The Morgan fingerprint density at radius 3 is 2.50 bits per heavy atom. The Morgan fingerprint density at radius 2 is 1.73 bits per heavy atom. The molecule has 108 valence electrons. The molecule has 0 amide bonds. The number of allylic oxidation sites excluding steroid dienone is 4. The average molecular weight is 291 g/mol. The van der Waals surface area contributed by atoms with E-state index in [1.54, 1.807) is 12.1 Å². The van der Waals surface area contributed by atoms with Crippen molar-refractivity contribution < 1.29 is 15.0 Å². The predicted molar refractivity (Wildman–Crippen MR) is 83.4 cm³/mol. The Morgan fingerprint density at radius 1 is 1.00 bits per heavy atom. The molecule has 2 N–H and O–H groups in total. The fourth-order valence-electron chi connectivity index (χ4n) is 3.00. The van der Waals surface area contributed by atoms with E-state index in [1.807, 2.05) is 30.4 Å². The Kier molecular flexibility index (Phi) is 2.66. The van der Waals surface area contributed by atoms with Crippen LogP contribution in [0.5, 0.6) is 5.75 Å². The second kappa shape index (κ2) is 4.56. The summed E-state index contributed by atoms with van der Waals surface area (Å²) in [6.07, 6.45) is 5.26. The lowest BCUT2D eigenvalue weighted by atomic mass is 9.98. The first-order valence-electron chi connectivity index (χ1n) is 7.15. The summed E-state index contributed by atoms with van der Waals surface area (Å²) >= 11 is 0. The van der Waals surface area contributed by atoms with Gasteiger partial charge in [0.2, 0.25) is 0 Å². The first-order chi connectivity index (χ1) is 10.7. The van der Waals surface area contributed by atoms with Crippen molar-refractivity contribution in [2.75, 3.05) is 0 Å². The number of aliphatic hydroxyl groups is 1. The third-order valence-electron chi connectivity index (χ3n) is 4.06. The number of fused-ring (bicyclic) bond motifs is 2. The summed E-state index contributed by atoms with van der Waals surface area (Å²) in [6, 6.07) is 8.90. The van der Waals surface area contributed by atoms with E-state index in [1.165, 1.54) is 0 Å². The first kappa shape index (κ1) is 12.8. The monoisotopic (exact) mass is 291 g/mol. The maximum atomic E-state index is 12.6. The second-order valence-electron chi connectivity index (χ2n) is 5.41. The van der Waals surface area contributed by atoms with Crippen LogP contribution in [-0.2, 0) is 4.79 Å².